The van der Waals surface area contributed by atoms with Crippen molar-refractivity contribution < 1.29 is 4.79 Å². The third-order valence-corrected chi connectivity index (χ3v) is 4.38. The van der Waals surface area contributed by atoms with E-state index in [1.54, 1.807) is 0 Å². The van der Waals surface area contributed by atoms with Gasteiger partial charge in [-0.15, -0.1) is 11.8 Å². The second-order valence-electron chi connectivity index (χ2n) is 4.83. The van der Waals surface area contributed by atoms with Gasteiger partial charge in [0, 0.05) is 32.8 Å². The van der Waals surface area contributed by atoms with Gasteiger partial charge in [0.1, 0.15) is 0 Å². The molecule has 19 heavy (non-hydrogen) atoms. The summed E-state index contributed by atoms with van der Waals surface area (Å²) >= 11 is 1.82. The molecule has 0 aliphatic heterocycles. The molecule has 0 atom stereocenters. The van der Waals surface area contributed by atoms with E-state index in [0.717, 1.165) is 10.4 Å². The van der Waals surface area contributed by atoms with Crippen LogP contribution in [-0.4, -0.2) is 16.1 Å². The third kappa shape index (κ3) is 2.81. The van der Waals surface area contributed by atoms with E-state index in [4.69, 9.17) is 5.73 Å². The lowest BCUT2D eigenvalue weighted by atomic mass is 10.1. The molecule has 4 nitrogen and oxygen atoms in total. The van der Waals surface area contributed by atoms with E-state index in [2.05, 4.69) is 4.98 Å². The minimum absolute atomic E-state index is 0.0593. The fourth-order valence-corrected chi connectivity index (χ4v) is 3.11. The molecular weight excluding hydrogens is 260 g/mol. The van der Waals surface area contributed by atoms with E-state index >= 15 is 0 Å². The summed E-state index contributed by atoms with van der Waals surface area (Å²) < 4.78 is 0. The van der Waals surface area contributed by atoms with Crippen LogP contribution in [0.2, 0.25) is 0 Å². The number of aromatic nitrogens is 1. The first kappa shape index (κ1) is 12.3. The van der Waals surface area contributed by atoms with Crippen LogP contribution in [0.3, 0.4) is 0 Å². The summed E-state index contributed by atoms with van der Waals surface area (Å²) in [6, 6.07) is 7.28. The van der Waals surface area contributed by atoms with Crippen LogP contribution in [0.4, 0.5) is 0 Å². The lowest BCUT2D eigenvalue weighted by Crippen LogP contribution is -2.16. The maximum Gasteiger partial charge on any atom is 0.223 e. The van der Waals surface area contributed by atoms with Crippen molar-refractivity contribution in [2.45, 2.75) is 29.4 Å². The number of rotatable bonds is 4. The third-order valence-electron chi connectivity index (χ3n) is 3.05. The monoisotopic (exact) mass is 274 g/mol. The lowest BCUT2D eigenvalue weighted by molar-refractivity contribution is -0.117. The summed E-state index contributed by atoms with van der Waals surface area (Å²) in [6.07, 6.45) is 2.58. The van der Waals surface area contributed by atoms with E-state index < -0.39 is 5.91 Å². The van der Waals surface area contributed by atoms with Gasteiger partial charge < -0.3 is 10.7 Å². The van der Waals surface area contributed by atoms with E-state index in [-0.39, 0.29) is 11.8 Å². The first-order valence-corrected chi connectivity index (χ1v) is 7.11. The largest absolute Gasteiger partial charge is 0.369 e. The second kappa shape index (κ2) is 4.74. The van der Waals surface area contributed by atoms with Crippen LogP contribution in [0.25, 0.3) is 10.9 Å². The predicted octanol–water partition coefficient (Wildman–Crippen LogP) is 1.81. The number of benzene rings is 1. The van der Waals surface area contributed by atoms with E-state index in [0.29, 0.717) is 16.3 Å². The average molecular weight is 274 g/mol. The zero-order chi connectivity index (χ0) is 13.4. The number of thioether (sulfide) groups is 1. The Hall–Kier alpha value is -1.75. The molecule has 2 aromatic rings. The summed E-state index contributed by atoms with van der Waals surface area (Å²) in [4.78, 5) is 27.2. The summed E-state index contributed by atoms with van der Waals surface area (Å²) in [5, 5.41) is 1.38. The Bertz CT molecular complexity index is 704. The summed E-state index contributed by atoms with van der Waals surface area (Å²) in [5.41, 5.74) is 6.39. The van der Waals surface area contributed by atoms with Gasteiger partial charge in [-0.3, -0.25) is 9.59 Å². The lowest BCUT2D eigenvalue weighted by Gasteiger charge is -2.05. The molecule has 1 aliphatic rings. The molecule has 1 aliphatic carbocycles. The highest BCUT2D eigenvalue weighted by Gasteiger charge is 2.22. The van der Waals surface area contributed by atoms with Gasteiger partial charge in [0.15, 0.2) is 5.43 Å². The van der Waals surface area contributed by atoms with Crippen molar-refractivity contribution in [2.75, 3.05) is 0 Å². The molecule has 3 rings (SSSR count). The van der Waals surface area contributed by atoms with Crippen LogP contribution in [0.1, 0.15) is 18.5 Å². The first-order valence-electron chi connectivity index (χ1n) is 6.23. The molecule has 0 saturated heterocycles. The number of carbonyl (C=O) groups is 1. The number of hydrogen-bond donors (Lipinski definition) is 2. The molecule has 0 unspecified atom stereocenters. The van der Waals surface area contributed by atoms with Gasteiger partial charge in [-0.05, 0) is 31.0 Å². The van der Waals surface area contributed by atoms with Crippen molar-refractivity contribution in [2.24, 2.45) is 5.73 Å². The minimum Gasteiger partial charge on any atom is -0.369 e. The number of hydrogen-bond acceptors (Lipinski definition) is 3. The van der Waals surface area contributed by atoms with Crippen LogP contribution in [0.5, 0.6) is 0 Å². The molecule has 1 amide bonds. The Kier molecular flexibility index (Phi) is 3.06. The van der Waals surface area contributed by atoms with Gasteiger partial charge >= 0.3 is 0 Å². The van der Waals surface area contributed by atoms with Gasteiger partial charge in [-0.2, -0.15) is 0 Å². The summed E-state index contributed by atoms with van der Waals surface area (Å²) in [5.74, 6) is -0.448. The van der Waals surface area contributed by atoms with E-state index in [1.165, 1.54) is 18.9 Å². The zero-order valence-corrected chi connectivity index (χ0v) is 11.1. The number of aromatic amines is 1. The number of nitrogens with two attached hydrogens (primary N) is 1. The van der Waals surface area contributed by atoms with Crippen molar-refractivity contribution in [3.05, 3.63) is 40.2 Å². The van der Waals surface area contributed by atoms with Crippen LogP contribution >= 0.6 is 11.8 Å². The zero-order valence-electron chi connectivity index (χ0n) is 10.3. The molecule has 0 bridgehead atoms. The Morgan fingerprint density at radius 2 is 2.16 bits per heavy atom. The fourth-order valence-electron chi connectivity index (χ4n) is 2.02. The number of amides is 1. The molecule has 1 aromatic heterocycles. The summed E-state index contributed by atoms with van der Waals surface area (Å²) in [6.45, 7) is 0. The molecule has 1 saturated carbocycles. The molecule has 1 heterocycles. The number of carbonyl (C=O) groups excluding carboxylic acids is 1. The minimum atomic E-state index is -0.448. The quantitative estimate of drug-likeness (QED) is 0.892. The maximum absolute atomic E-state index is 12.1. The highest BCUT2D eigenvalue weighted by molar-refractivity contribution is 8.00. The highest BCUT2D eigenvalue weighted by atomic mass is 32.2. The van der Waals surface area contributed by atoms with Crippen LogP contribution in [-0.2, 0) is 11.2 Å². The topological polar surface area (TPSA) is 76.0 Å². The maximum atomic E-state index is 12.1. The number of primary amides is 1. The smallest absolute Gasteiger partial charge is 0.223 e. The van der Waals surface area contributed by atoms with Crippen molar-refractivity contribution >= 4 is 28.6 Å². The van der Waals surface area contributed by atoms with Crippen molar-refractivity contribution in [1.82, 2.24) is 4.98 Å². The highest BCUT2D eigenvalue weighted by Crippen LogP contribution is 2.39. The molecule has 0 spiro atoms. The molecule has 5 heteroatoms. The number of nitrogens with one attached hydrogen (secondary N) is 1. The van der Waals surface area contributed by atoms with Gasteiger partial charge in [-0.25, -0.2) is 0 Å². The van der Waals surface area contributed by atoms with Crippen molar-refractivity contribution in [3.63, 3.8) is 0 Å². The van der Waals surface area contributed by atoms with Crippen LogP contribution in [0.15, 0.2) is 34.0 Å². The second-order valence-corrected chi connectivity index (χ2v) is 6.20. The van der Waals surface area contributed by atoms with Crippen molar-refractivity contribution in [1.29, 1.82) is 0 Å². The van der Waals surface area contributed by atoms with Gasteiger partial charge in [0.25, 0.3) is 0 Å². The molecule has 98 valence electrons. The average Bonchev–Trinajstić information content (AvgIpc) is 3.13. The standard InChI is InChI=1S/C14H14N2O2S/c15-14(18)6-8-5-13(17)11-7-10(19-9-1-2-9)3-4-12(11)16-8/h3-5,7,9H,1-2,6H2,(H2,15,18)(H,16,17). The first-order chi connectivity index (χ1) is 9.11. The SMILES string of the molecule is NC(=O)Cc1cc(=O)c2cc(SC3CC3)ccc2[nH]1. The van der Waals surface area contributed by atoms with Gasteiger partial charge in [0.2, 0.25) is 5.91 Å². The molecule has 1 fully saturated rings. The van der Waals surface area contributed by atoms with E-state index in [1.807, 2.05) is 30.0 Å². The number of H-pyrrole nitrogens is 1. The molecular formula is C14H14N2O2S. The Morgan fingerprint density at radius 3 is 2.84 bits per heavy atom. The molecule has 0 radical (unpaired) electrons. The fraction of sp³-hybridized carbons (Fsp3) is 0.286. The summed E-state index contributed by atoms with van der Waals surface area (Å²) in [7, 11) is 0. The Morgan fingerprint density at radius 1 is 1.37 bits per heavy atom. The van der Waals surface area contributed by atoms with Gasteiger partial charge in [-0.1, -0.05) is 0 Å². The molecule has 3 N–H and O–H groups in total. The van der Waals surface area contributed by atoms with Crippen LogP contribution < -0.4 is 11.2 Å². The predicted molar refractivity (Wildman–Crippen MR) is 76.3 cm³/mol. The van der Waals surface area contributed by atoms with Gasteiger partial charge in [0.05, 0.1) is 6.42 Å². The van der Waals surface area contributed by atoms with Crippen molar-refractivity contribution in [3.8, 4) is 0 Å². The number of fused-ring (bicyclic) bond motifs is 1. The normalized spacial score (nSPS) is 14.7. The van der Waals surface area contributed by atoms with Crippen LogP contribution in [0, 0.1) is 0 Å². The molecule has 1 aromatic carbocycles. The number of pyridine rings is 1. The van der Waals surface area contributed by atoms with E-state index in [9.17, 15) is 9.59 Å². The Balaban J connectivity index is 2.01. The Labute approximate surface area is 114 Å².